The minimum atomic E-state index is -0.905. The summed E-state index contributed by atoms with van der Waals surface area (Å²) >= 11 is 0. The Morgan fingerprint density at radius 2 is 2.04 bits per heavy atom. The molecule has 1 fully saturated rings. The molecule has 0 aliphatic carbocycles. The lowest BCUT2D eigenvalue weighted by atomic mass is 10.0. The monoisotopic (exact) mass is 358 g/mol. The minimum Gasteiger partial charge on any atom is -0.386 e. The number of nitrogens with zero attached hydrogens (tertiary/aromatic N) is 1. The number of amides is 2. The van der Waals surface area contributed by atoms with Crippen LogP contribution in [-0.2, 0) is 9.53 Å². The standard InChI is InChI=1S/C19H19FN2O4/c1-22-16(10-26-11-17(22)23)18(24)12-5-7-15(8-6-12)21-19(25)13-3-2-4-14(20)9-13/h2-9,16,18,24H,10-11H2,1H3,(H,21,25)/t16-,18-/m1/s1. The van der Waals surface area contributed by atoms with Crippen molar-refractivity contribution in [3.63, 3.8) is 0 Å². The highest BCUT2D eigenvalue weighted by Crippen LogP contribution is 2.24. The fourth-order valence-corrected chi connectivity index (χ4v) is 2.79. The molecule has 1 aliphatic heterocycles. The SMILES string of the molecule is CN1C(=O)COC[C@@H]1[C@H](O)c1ccc(NC(=O)c2cccc(F)c2)cc1. The molecule has 26 heavy (non-hydrogen) atoms. The molecule has 0 aromatic heterocycles. The van der Waals surface area contributed by atoms with E-state index in [0.717, 1.165) is 6.07 Å². The van der Waals surface area contributed by atoms with Crippen LogP contribution in [0.1, 0.15) is 22.0 Å². The number of carbonyl (C=O) groups excluding carboxylic acids is 2. The molecular formula is C19H19FN2O4. The molecule has 1 aliphatic rings. The van der Waals surface area contributed by atoms with E-state index in [2.05, 4.69) is 5.32 Å². The third kappa shape index (κ3) is 3.89. The topological polar surface area (TPSA) is 78.9 Å². The summed E-state index contributed by atoms with van der Waals surface area (Å²) in [5.74, 6) is -1.09. The number of morpholine rings is 1. The van der Waals surface area contributed by atoms with E-state index in [9.17, 15) is 19.1 Å². The Kier molecular flexibility index (Phi) is 5.29. The van der Waals surface area contributed by atoms with Gasteiger partial charge in [-0.05, 0) is 35.9 Å². The van der Waals surface area contributed by atoms with Gasteiger partial charge in [-0.2, -0.15) is 0 Å². The Morgan fingerprint density at radius 3 is 2.73 bits per heavy atom. The minimum absolute atomic E-state index is 0.0186. The van der Waals surface area contributed by atoms with Crippen LogP contribution in [0.25, 0.3) is 0 Å². The molecule has 3 rings (SSSR count). The summed E-state index contributed by atoms with van der Waals surface area (Å²) < 4.78 is 18.4. The van der Waals surface area contributed by atoms with Crippen LogP contribution >= 0.6 is 0 Å². The van der Waals surface area contributed by atoms with E-state index in [4.69, 9.17) is 4.74 Å². The van der Waals surface area contributed by atoms with E-state index in [1.165, 1.54) is 23.1 Å². The zero-order chi connectivity index (χ0) is 18.7. The number of nitrogens with one attached hydrogen (secondary N) is 1. The van der Waals surface area contributed by atoms with Crippen LogP contribution in [0.15, 0.2) is 48.5 Å². The number of rotatable bonds is 4. The van der Waals surface area contributed by atoms with E-state index in [1.807, 2.05) is 0 Å². The Morgan fingerprint density at radius 1 is 1.31 bits per heavy atom. The maximum atomic E-state index is 13.2. The number of hydrogen-bond acceptors (Lipinski definition) is 4. The van der Waals surface area contributed by atoms with E-state index in [0.29, 0.717) is 11.3 Å². The van der Waals surface area contributed by atoms with E-state index < -0.39 is 23.9 Å². The van der Waals surface area contributed by atoms with Crippen LogP contribution in [0.4, 0.5) is 10.1 Å². The highest BCUT2D eigenvalue weighted by atomic mass is 19.1. The zero-order valence-electron chi connectivity index (χ0n) is 14.2. The van der Waals surface area contributed by atoms with Gasteiger partial charge < -0.3 is 20.1 Å². The summed E-state index contributed by atoms with van der Waals surface area (Å²) in [5.41, 5.74) is 1.33. The average molecular weight is 358 g/mol. The van der Waals surface area contributed by atoms with Crippen LogP contribution < -0.4 is 5.32 Å². The molecule has 6 nitrogen and oxygen atoms in total. The van der Waals surface area contributed by atoms with Gasteiger partial charge in [0.2, 0.25) is 5.91 Å². The number of halogens is 1. The summed E-state index contributed by atoms with van der Waals surface area (Å²) in [6.07, 6.45) is -0.905. The summed E-state index contributed by atoms with van der Waals surface area (Å²) in [5, 5.41) is 13.2. The highest BCUT2D eigenvalue weighted by Gasteiger charge is 2.32. The molecule has 0 radical (unpaired) electrons. The van der Waals surface area contributed by atoms with Crippen molar-refractivity contribution in [2.45, 2.75) is 12.1 Å². The Labute approximate surface area is 150 Å². The van der Waals surface area contributed by atoms with Gasteiger partial charge in [0.05, 0.1) is 12.6 Å². The number of carbonyl (C=O) groups is 2. The first-order chi connectivity index (χ1) is 12.5. The number of benzene rings is 2. The van der Waals surface area contributed by atoms with Crippen molar-refractivity contribution in [2.75, 3.05) is 25.6 Å². The molecule has 2 aromatic rings. The molecule has 0 spiro atoms. The number of likely N-dealkylation sites (N-methyl/N-ethyl adjacent to an activating group) is 1. The second-order valence-electron chi connectivity index (χ2n) is 6.12. The predicted octanol–water partition coefficient (Wildman–Crippen LogP) is 1.97. The van der Waals surface area contributed by atoms with E-state index in [-0.39, 0.29) is 24.7 Å². The number of anilines is 1. The van der Waals surface area contributed by atoms with E-state index in [1.54, 1.807) is 31.3 Å². The van der Waals surface area contributed by atoms with Crippen molar-refractivity contribution in [3.8, 4) is 0 Å². The molecule has 2 aromatic carbocycles. The Balaban J connectivity index is 1.68. The molecule has 1 heterocycles. The van der Waals surface area contributed by atoms with Gasteiger partial charge in [-0.15, -0.1) is 0 Å². The van der Waals surface area contributed by atoms with Gasteiger partial charge in [0.1, 0.15) is 18.5 Å². The van der Waals surface area contributed by atoms with E-state index >= 15 is 0 Å². The van der Waals surface area contributed by atoms with Crippen molar-refractivity contribution in [1.82, 2.24) is 4.90 Å². The van der Waals surface area contributed by atoms with Gasteiger partial charge >= 0.3 is 0 Å². The van der Waals surface area contributed by atoms with Crippen LogP contribution in [0, 0.1) is 5.82 Å². The fraction of sp³-hybridized carbons (Fsp3) is 0.263. The second kappa shape index (κ2) is 7.63. The summed E-state index contributed by atoms with van der Waals surface area (Å²) in [4.78, 5) is 25.3. The van der Waals surface area contributed by atoms with Gasteiger partial charge in [0.25, 0.3) is 5.91 Å². The van der Waals surface area contributed by atoms with Crippen LogP contribution in [0.5, 0.6) is 0 Å². The first kappa shape index (κ1) is 18.0. The molecule has 2 atom stereocenters. The quantitative estimate of drug-likeness (QED) is 0.876. The summed E-state index contributed by atoms with van der Waals surface area (Å²) in [6.45, 7) is 0.270. The molecule has 0 unspecified atom stereocenters. The number of ether oxygens (including phenoxy) is 1. The third-order valence-corrected chi connectivity index (χ3v) is 4.37. The van der Waals surface area contributed by atoms with Crippen molar-refractivity contribution < 1.29 is 23.8 Å². The van der Waals surface area contributed by atoms with Crippen LogP contribution in [0.3, 0.4) is 0 Å². The zero-order valence-corrected chi connectivity index (χ0v) is 14.2. The fourth-order valence-electron chi connectivity index (χ4n) is 2.79. The maximum Gasteiger partial charge on any atom is 0.255 e. The van der Waals surface area contributed by atoms with Crippen molar-refractivity contribution in [2.24, 2.45) is 0 Å². The predicted molar refractivity (Wildman–Crippen MR) is 93.1 cm³/mol. The first-order valence-corrected chi connectivity index (χ1v) is 8.14. The number of hydrogen-bond donors (Lipinski definition) is 2. The normalized spacial score (nSPS) is 18.5. The molecule has 2 N–H and O–H groups in total. The molecule has 1 saturated heterocycles. The lowest BCUT2D eigenvalue weighted by molar-refractivity contribution is -0.151. The number of aliphatic hydroxyl groups excluding tert-OH is 1. The summed E-state index contributed by atoms with van der Waals surface area (Å²) in [6, 6.07) is 11.6. The Bertz CT molecular complexity index is 809. The molecule has 0 saturated carbocycles. The van der Waals surface area contributed by atoms with Crippen molar-refractivity contribution >= 4 is 17.5 Å². The Hall–Kier alpha value is -2.77. The lowest BCUT2D eigenvalue weighted by Crippen LogP contribution is -2.49. The molecule has 136 valence electrons. The van der Waals surface area contributed by atoms with Gasteiger partial charge in [-0.25, -0.2) is 4.39 Å². The first-order valence-electron chi connectivity index (χ1n) is 8.14. The van der Waals surface area contributed by atoms with Crippen molar-refractivity contribution in [1.29, 1.82) is 0 Å². The molecule has 7 heteroatoms. The van der Waals surface area contributed by atoms with Gasteiger partial charge in [-0.3, -0.25) is 9.59 Å². The average Bonchev–Trinajstić information content (AvgIpc) is 2.64. The second-order valence-corrected chi connectivity index (χ2v) is 6.12. The van der Waals surface area contributed by atoms with Crippen molar-refractivity contribution in [3.05, 3.63) is 65.5 Å². The third-order valence-electron chi connectivity index (χ3n) is 4.37. The molecular weight excluding hydrogens is 339 g/mol. The molecule has 2 amide bonds. The van der Waals surface area contributed by atoms with Gasteiger partial charge in [-0.1, -0.05) is 18.2 Å². The van der Waals surface area contributed by atoms with Gasteiger partial charge in [0, 0.05) is 18.3 Å². The lowest BCUT2D eigenvalue weighted by Gasteiger charge is -2.35. The highest BCUT2D eigenvalue weighted by molar-refractivity contribution is 6.04. The van der Waals surface area contributed by atoms with Gasteiger partial charge in [0.15, 0.2) is 0 Å². The molecule has 0 bridgehead atoms. The smallest absolute Gasteiger partial charge is 0.255 e. The van der Waals surface area contributed by atoms with Crippen LogP contribution in [0.2, 0.25) is 0 Å². The maximum absolute atomic E-state index is 13.2. The summed E-state index contributed by atoms with van der Waals surface area (Å²) in [7, 11) is 1.63. The van der Waals surface area contributed by atoms with Crippen LogP contribution in [-0.4, -0.2) is 48.1 Å². The largest absolute Gasteiger partial charge is 0.386 e. The number of aliphatic hydroxyl groups is 1.